The van der Waals surface area contributed by atoms with E-state index < -0.39 is 23.7 Å². The number of ether oxygens (including phenoxy) is 2. The summed E-state index contributed by atoms with van der Waals surface area (Å²) in [6.07, 6.45) is -8.34. The van der Waals surface area contributed by atoms with Crippen LogP contribution in [0, 0.1) is 6.92 Å². The van der Waals surface area contributed by atoms with Crippen LogP contribution in [-0.4, -0.2) is 6.29 Å². The maximum Gasteiger partial charge on any atom is 0.540 e. The maximum absolute atomic E-state index is 13.1. The van der Waals surface area contributed by atoms with Crippen molar-refractivity contribution in [3.63, 3.8) is 0 Å². The van der Waals surface area contributed by atoms with Gasteiger partial charge in [-0.05, 0) is 19.1 Å². The van der Waals surface area contributed by atoms with Crippen molar-refractivity contribution in [2.24, 2.45) is 0 Å². The van der Waals surface area contributed by atoms with Gasteiger partial charge in [-0.15, -0.1) is 8.78 Å². The number of hydrogen-bond acceptors (Lipinski definition) is 2. The monoisotopic (exact) mass is 222 g/mol. The molecule has 6 heteroatoms. The molecule has 0 aliphatic carbocycles. The van der Waals surface area contributed by atoms with Gasteiger partial charge in [0.2, 0.25) is 0 Å². The van der Waals surface area contributed by atoms with Gasteiger partial charge in [0, 0.05) is 0 Å². The Morgan fingerprint density at radius 1 is 1.13 bits per heavy atom. The van der Waals surface area contributed by atoms with Crippen LogP contribution in [-0.2, 0) is 10.8 Å². The number of halogens is 4. The number of alkyl halides is 4. The molecule has 0 atom stereocenters. The topological polar surface area (TPSA) is 18.5 Å². The molecule has 15 heavy (non-hydrogen) atoms. The quantitative estimate of drug-likeness (QED) is 0.628. The van der Waals surface area contributed by atoms with Crippen molar-refractivity contribution in [3.05, 3.63) is 29.3 Å². The summed E-state index contributed by atoms with van der Waals surface area (Å²) in [5.41, 5.74) is -0.181. The van der Waals surface area contributed by atoms with E-state index in [1.165, 1.54) is 6.07 Å². The average Bonchev–Trinajstić information content (AvgIpc) is 2.03. The van der Waals surface area contributed by atoms with E-state index in [4.69, 9.17) is 0 Å². The highest BCUT2D eigenvalue weighted by Gasteiger charge is 2.54. The Hall–Kier alpha value is -1.30. The second-order valence-electron chi connectivity index (χ2n) is 3.18. The highest BCUT2D eigenvalue weighted by molar-refractivity contribution is 5.40. The fourth-order valence-corrected chi connectivity index (χ4v) is 1.31. The second kappa shape index (κ2) is 2.85. The Morgan fingerprint density at radius 2 is 1.80 bits per heavy atom. The van der Waals surface area contributed by atoms with Gasteiger partial charge < -0.3 is 4.74 Å². The first-order chi connectivity index (χ1) is 6.80. The average molecular weight is 222 g/mol. The zero-order chi connectivity index (χ0) is 11.3. The first-order valence-electron chi connectivity index (χ1n) is 4.06. The van der Waals surface area contributed by atoms with Crippen LogP contribution >= 0.6 is 0 Å². The third kappa shape index (κ3) is 1.77. The van der Waals surface area contributed by atoms with Gasteiger partial charge in [-0.3, -0.25) is 0 Å². The van der Waals surface area contributed by atoms with Crippen LogP contribution in [0.4, 0.5) is 17.6 Å². The van der Waals surface area contributed by atoms with Crippen molar-refractivity contribution in [2.75, 3.05) is 0 Å². The molecule has 0 aromatic heterocycles. The molecule has 1 aliphatic rings. The number of hydrogen-bond donors (Lipinski definition) is 0. The van der Waals surface area contributed by atoms with Crippen molar-refractivity contribution in [1.82, 2.24) is 0 Å². The Kier molecular flexibility index (Phi) is 1.94. The Balaban J connectivity index is 2.55. The molecule has 1 aliphatic heterocycles. The SMILES string of the molecule is Cc1ccc2c(c1)C(F)(F)OC(F)(F)O2. The van der Waals surface area contributed by atoms with Crippen molar-refractivity contribution in [2.45, 2.75) is 19.3 Å². The van der Waals surface area contributed by atoms with Crippen LogP contribution in [0.25, 0.3) is 0 Å². The molecule has 0 unspecified atom stereocenters. The summed E-state index contributed by atoms with van der Waals surface area (Å²) in [7, 11) is 0. The molecule has 1 aromatic carbocycles. The second-order valence-corrected chi connectivity index (χ2v) is 3.18. The van der Waals surface area contributed by atoms with Gasteiger partial charge in [0.1, 0.15) is 5.75 Å². The summed E-state index contributed by atoms with van der Waals surface area (Å²) in [6, 6.07) is 3.51. The van der Waals surface area contributed by atoms with E-state index in [0.29, 0.717) is 5.56 Å². The summed E-state index contributed by atoms with van der Waals surface area (Å²) in [5.74, 6) is -0.568. The van der Waals surface area contributed by atoms with Gasteiger partial charge in [0.15, 0.2) is 0 Å². The van der Waals surface area contributed by atoms with Gasteiger partial charge >= 0.3 is 12.4 Å². The zero-order valence-electron chi connectivity index (χ0n) is 7.56. The molecule has 0 N–H and O–H groups in total. The van der Waals surface area contributed by atoms with Crippen LogP contribution in [0.3, 0.4) is 0 Å². The normalized spacial score (nSPS) is 21.7. The minimum atomic E-state index is -4.30. The fourth-order valence-electron chi connectivity index (χ4n) is 1.31. The molecule has 0 amide bonds. The highest BCUT2D eigenvalue weighted by atomic mass is 19.3. The summed E-state index contributed by atoms with van der Waals surface area (Å²) in [6.45, 7) is 1.56. The Bertz CT molecular complexity index is 403. The molecule has 0 bridgehead atoms. The minimum Gasteiger partial charge on any atom is -0.409 e. The van der Waals surface area contributed by atoms with E-state index in [9.17, 15) is 17.6 Å². The first kappa shape index (κ1) is 10.2. The largest absolute Gasteiger partial charge is 0.540 e. The number of aryl methyl sites for hydroxylation is 1. The third-order valence-corrected chi connectivity index (χ3v) is 1.92. The van der Waals surface area contributed by atoms with E-state index in [1.807, 2.05) is 0 Å². The van der Waals surface area contributed by atoms with Gasteiger partial charge in [-0.1, -0.05) is 11.6 Å². The van der Waals surface area contributed by atoms with Gasteiger partial charge in [-0.25, -0.2) is 4.74 Å². The van der Waals surface area contributed by atoms with Gasteiger partial charge in [-0.2, -0.15) is 8.78 Å². The number of fused-ring (bicyclic) bond motifs is 1. The highest BCUT2D eigenvalue weighted by Crippen LogP contribution is 2.46. The summed E-state index contributed by atoms with van der Waals surface area (Å²) < 4.78 is 58.5. The zero-order valence-corrected chi connectivity index (χ0v) is 7.56. The van der Waals surface area contributed by atoms with E-state index in [2.05, 4.69) is 9.47 Å². The smallest absolute Gasteiger partial charge is 0.409 e. The maximum atomic E-state index is 13.1. The molecular formula is C9H6F4O2. The van der Waals surface area contributed by atoms with Crippen LogP contribution in [0.1, 0.15) is 11.1 Å². The lowest BCUT2D eigenvalue weighted by molar-refractivity contribution is -0.461. The Morgan fingerprint density at radius 3 is 2.47 bits per heavy atom. The molecule has 0 fully saturated rings. The van der Waals surface area contributed by atoms with E-state index in [1.54, 1.807) is 6.92 Å². The summed E-state index contributed by atoms with van der Waals surface area (Å²) >= 11 is 0. The van der Waals surface area contributed by atoms with E-state index >= 15 is 0 Å². The number of rotatable bonds is 0. The third-order valence-electron chi connectivity index (χ3n) is 1.92. The van der Waals surface area contributed by atoms with Crippen molar-refractivity contribution in [1.29, 1.82) is 0 Å². The van der Waals surface area contributed by atoms with Crippen LogP contribution in [0.15, 0.2) is 18.2 Å². The molecule has 0 saturated carbocycles. The number of benzene rings is 1. The summed E-state index contributed by atoms with van der Waals surface area (Å²) in [5, 5.41) is 0. The molecule has 82 valence electrons. The predicted molar refractivity (Wildman–Crippen MR) is 41.7 cm³/mol. The Labute approximate surface area is 82.4 Å². The summed E-state index contributed by atoms with van der Waals surface area (Å²) in [4.78, 5) is 0. The molecule has 0 spiro atoms. The minimum absolute atomic E-state index is 0.505. The molecular weight excluding hydrogens is 216 g/mol. The fraction of sp³-hybridized carbons (Fsp3) is 0.333. The van der Waals surface area contributed by atoms with Crippen LogP contribution in [0.2, 0.25) is 0 Å². The molecule has 2 nitrogen and oxygen atoms in total. The predicted octanol–water partition coefficient (Wildman–Crippen LogP) is 3.00. The van der Waals surface area contributed by atoms with Gasteiger partial charge in [0.25, 0.3) is 0 Å². The standard InChI is InChI=1S/C9H6F4O2/c1-5-2-3-7-6(4-5)8(10,11)15-9(12,13)14-7/h2-4H,1H3. The van der Waals surface area contributed by atoms with Crippen molar-refractivity contribution < 1.29 is 27.0 Å². The molecule has 0 radical (unpaired) electrons. The van der Waals surface area contributed by atoms with E-state index in [0.717, 1.165) is 12.1 Å². The lowest BCUT2D eigenvalue weighted by Crippen LogP contribution is -2.41. The van der Waals surface area contributed by atoms with Crippen molar-refractivity contribution >= 4 is 0 Å². The molecule has 0 saturated heterocycles. The lowest BCUT2D eigenvalue weighted by atomic mass is 10.1. The van der Waals surface area contributed by atoms with Crippen molar-refractivity contribution in [3.8, 4) is 5.75 Å². The molecule has 1 heterocycles. The van der Waals surface area contributed by atoms with Crippen LogP contribution in [0.5, 0.6) is 5.75 Å². The van der Waals surface area contributed by atoms with Gasteiger partial charge in [0.05, 0.1) is 5.56 Å². The first-order valence-corrected chi connectivity index (χ1v) is 4.06. The van der Waals surface area contributed by atoms with Crippen LogP contribution < -0.4 is 4.74 Å². The molecule has 2 rings (SSSR count). The van der Waals surface area contributed by atoms with E-state index in [-0.39, 0.29) is 0 Å². The lowest BCUT2D eigenvalue weighted by Gasteiger charge is -2.30. The molecule has 1 aromatic rings.